The average Bonchev–Trinajstić information content (AvgIpc) is 3.98. The Bertz CT molecular complexity index is 2490. The summed E-state index contributed by atoms with van der Waals surface area (Å²) in [6, 6.07) is 9.79. The number of aromatic nitrogens is 3. The largest absolute Gasteiger partial charge is 0.464 e. The number of carbonyl (C=O) groups excluding carboxylic acids is 3. The van der Waals surface area contributed by atoms with Gasteiger partial charge in [0.15, 0.2) is 0 Å². The van der Waals surface area contributed by atoms with Crippen LogP contribution in [0.3, 0.4) is 0 Å². The number of pyridine rings is 1. The minimum atomic E-state index is -0.924. The number of amides is 2. The summed E-state index contributed by atoms with van der Waals surface area (Å²) in [7, 11) is 1.74. The van der Waals surface area contributed by atoms with Gasteiger partial charge in [-0.15, -0.1) is 11.3 Å². The van der Waals surface area contributed by atoms with Crippen LogP contribution in [0.5, 0.6) is 0 Å². The van der Waals surface area contributed by atoms with Gasteiger partial charge in [-0.1, -0.05) is 33.8 Å². The van der Waals surface area contributed by atoms with E-state index in [1.54, 1.807) is 23.5 Å². The highest BCUT2D eigenvalue weighted by Gasteiger charge is 2.54. The van der Waals surface area contributed by atoms with Crippen molar-refractivity contribution in [1.82, 2.24) is 45.4 Å². The van der Waals surface area contributed by atoms with Crippen molar-refractivity contribution in [3.05, 3.63) is 58.2 Å². The predicted octanol–water partition coefficient (Wildman–Crippen LogP) is 6.04. The van der Waals surface area contributed by atoms with Crippen LogP contribution in [0.25, 0.3) is 33.4 Å². The normalized spacial score (nSPS) is 29.8. The Morgan fingerprint density at radius 2 is 1.85 bits per heavy atom. The standard InChI is InChI=1S/C50H65N9O5S/c1-28-29(2)40(28)45(60)54-42-44(57-25-50(26-57)16-9-18-52-50)46-53-38(24-65-46)31-12-15-39-35(20-31)36(21-49(4,5)27-64-48(62)37-11-8-19-58(55-37)47(42)61)43(34-10-7-17-51-41(34)30(3)63-6)59(39)33-22-56(23-33)32-13-14-32/h7,10,12,15,17,20,24,28-30,32-33,37,40,42,44,52,55H,8-9,11,13-14,16,18-19,21-23,25-27H2,1-6H3,(H,54,60)/t28-,29+,30-,37-,40?,42-,44-/m0/s1. The molecule has 2 amide bonds. The summed E-state index contributed by atoms with van der Waals surface area (Å²) in [4.78, 5) is 58.8. The van der Waals surface area contributed by atoms with Gasteiger partial charge in [0, 0.05) is 96.4 Å². The number of esters is 1. The maximum Gasteiger partial charge on any atom is 0.324 e. The lowest BCUT2D eigenvalue weighted by Gasteiger charge is -2.53. The first-order valence-electron chi connectivity index (χ1n) is 24.2. The number of nitrogens with zero attached hydrogens (tertiary/aromatic N) is 6. The zero-order chi connectivity index (χ0) is 44.9. The Kier molecular flexibility index (Phi) is 11.0. The van der Waals surface area contributed by atoms with E-state index in [4.69, 9.17) is 19.4 Å². The molecule has 5 aliphatic heterocycles. The van der Waals surface area contributed by atoms with Crippen molar-refractivity contribution in [2.45, 2.75) is 121 Å². The van der Waals surface area contributed by atoms with Crippen LogP contribution in [-0.2, 0) is 30.3 Å². The molecule has 15 heteroatoms. The third-order valence-corrected chi connectivity index (χ3v) is 17.0. The van der Waals surface area contributed by atoms with Crippen LogP contribution in [-0.4, -0.2) is 124 Å². The van der Waals surface area contributed by atoms with E-state index in [1.807, 2.05) is 12.3 Å². The lowest BCUT2D eigenvalue weighted by Crippen LogP contribution is -2.70. The zero-order valence-electron chi connectivity index (χ0n) is 38.8. The molecule has 1 aromatic carbocycles. The fraction of sp³-hybridized carbons (Fsp3) is 0.620. The second kappa shape index (κ2) is 16.5. The Labute approximate surface area is 386 Å². The molecular weight excluding hydrogens is 839 g/mol. The van der Waals surface area contributed by atoms with Gasteiger partial charge in [-0.3, -0.25) is 34.2 Å². The second-order valence-corrected chi connectivity index (χ2v) is 22.2. The fourth-order valence-corrected chi connectivity index (χ4v) is 12.8. The van der Waals surface area contributed by atoms with Crippen LogP contribution in [0.2, 0.25) is 0 Å². The Morgan fingerprint density at radius 3 is 2.57 bits per heavy atom. The van der Waals surface area contributed by atoms with Crippen molar-refractivity contribution in [3.8, 4) is 22.5 Å². The van der Waals surface area contributed by atoms with Gasteiger partial charge in [-0.2, -0.15) is 0 Å². The van der Waals surface area contributed by atoms with Crippen molar-refractivity contribution < 1.29 is 23.9 Å². The molecule has 3 N–H and O–H groups in total. The maximum atomic E-state index is 15.1. The van der Waals surface area contributed by atoms with E-state index >= 15 is 4.79 Å². The van der Waals surface area contributed by atoms with E-state index in [1.165, 1.54) is 18.4 Å². The lowest BCUT2D eigenvalue weighted by atomic mass is 9.84. The third kappa shape index (κ3) is 7.81. The summed E-state index contributed by atoms with van der Waals surface area (Å²) in [6.45, 7) is 15.7. The molecule has 1 unspecified atom stereocenters. The van der Waals surface area contributed by atoms with Crippen molar-refractivity contribution in [2.75, 3.05) is 53.0 Å². The molecule has 8 heterocycles. The molecule has 65 heavy (non-hydrogen) atoms. The number of ether oxygens (including phenoxy) is 2. The summed E-state index contributed by atoms with van der Waals surface area (Å²) < 4.78 is 14.8. The molecule has 3 aromatic heterocycles. The molecule has 2 saturated carbocycles. The summed E-state index contributed by atoms with van der Waals surface area (Å²) >= 11 is 1.56. The number of rotatable bonds is 8. The molecule has 2 aliphatic carbocycles. The summed E-state index contributed by atoms with van der Waals surface area (Å²) in [5, 5.41) is 12.7. The van der Waals surface area contributed by atoms with Gasteiger partial charge in [0.2, 0.25) is 5.91 Å². The highest BCUT2D eigenvalue weighted by atomic mass is 32.1. The number of hydrogen-bond donors (Lipinski definition) is 3. The molecule has 11 rings (SSSR count). The molecule has 7 atom stereocenters. The third-order valence-electron chi connectivity index (χ3n) is 16.1. The van der Waals surface area contributed by atoms with Gasteiger partial charge in [-0.25, -0.2) is 10.4 Å². The zero-order valence-corrected chi connectivity index (χ0v) is 39.6. The number of cyclic esters (lactones) is 1. The van der Waals surface area contributed by atoms with Crippen LogP contribution in [0.15, 0.2) is 41.9 Å². The van der Waals surface area contributed by atoms with Gasteiger partial charge >= 0.3 is 5.97 Å². The molecule has 4 saturated heterocycles. The first-order chi connectivity index (χ1) is 31.3. The molecule has 4 aromatic rings. The topological polar surface area (TPSA) is 146 Å². The number of nitrogens with one attached hydrogen (secondary N) is 3. The SMILES string of the molecule is CO[C@@H](C)c1ncccc1-c1c2c3cc(ccc3n1C1CN(C3CC3)C1)-c1csc(n1)[C@@H](N1CC3(CCCN3)C1)[C@H](NC(=O)C1[C@@H](C)[C@H]1C)C(=O)N1CCC[C@H](N1)C(=O)OCC(C)(C)C2. The Morgan fingerprint density at radius 1 is 1.05 bits per heavy atom. The molecule has 6 fully saturated rings. The van der Waals surface area contributed by atoms with Gasteiger partial charge in [0.05, 0.1) is 41.9 Å². The maximum absolute atomic E-state index is 15.1. The highest BCUT2D eigenvalue weighted by Crippen LogP contribution is 2.48. The van der Waals surface area contributed by atoms with Crippen LogP contribution in [0.4, 0.5) is 0 Å². The van der Waals surface area contributed by atoms with Gasteiger partial charge in [0.25, 0.3) is 5.91 Å². The quantitative estimate of drug-likeness (QED) is 0.178. The summed E-state index contributed by atoms with van der Waals surface area (Å²) in [6.07, 6.45) is 8.14. The van der Waals surface area contributed by atoms with Gasteiger partial charge in [-0.05, 0) is 100 Å². The molecule has 6 bridgehead atoms. The van der Waals surface area contributed by atoms with Crippen LogP contribution in [0.1, 0.15) is 108 Å². The van der Waals surface area contributed by atoms with Crippen LogP contribution >= 0.6 is 11.3 Å². The van der Waals surface area contributed by atoms with Crippen molar-refractivity contribution >= 4 is 40.0 Å². The lowest BCUT2D eigenvalue weighted by molar-refractivity contribution is -0.156. The minimum Gasteiger partial charge on any atom is -0.464 e. The first-order valence-corrected chi connectivity index (χ1v) is 25.1. The number of fused-ring (bicyclic) bond motifs is 6. The molecule has 1 spiro atoms. The smallest absolute Gasteiger partial charge is 0.324 e. The Balaban J connectivity index is 1.07. The highest BCUT2D eigenvalue weighted by molar-refractivity contribution is 7.10. The number of thiazole rings is 1. The number of likely N-dealkylation sites (tertiary alicyclic amines) is 2. The second-order valence-electron chi connectivity index (χ2n) is 21.3. The van der Waals surface area contributed by atoms with E-state index < -0.39 is 23.5 Å². The van der Waals surface area contributed by atoms with E-state index in [2.05, 4.69) is 94.7 Å². The number of hydrazine groups is 1. The fourth-order valence-electron chi connectivity index (χ4n) is 11.8. The predicted molar refractivity (Wildman–Crippen MR) is 250 cm³/mol. The molecule has 346 valence electrons. The van der Waals surface area contributed by atoms with Crippen molar-refractivity contribution in [1.29, 1.82) is 0 Å². The molecule has 7 aliphatic rings. The van der Waals surface area contributed by atoms with E-state index in [0.29, 0.717) is 31.8 Å². The van der Waals surface area contributed by atoms with E-state index in [0.717, 1.165) is 89.7 Å². The van der Waals surface area contributed by atoms with E-state index in [9.17, 15) is 9.59 Å². The van der Waals surface area contributed by atoms with Crippen LogP contribution in [0, 0.1) is 23.2 Å². The number of hydrogen-bond acceptors (Lipinski definition) is 12. The van der Waals surface area contributed by atoms with Gasteiger partial charge < -0.3 is 24.7 Å². The van der Waals surface area contributed by atoms with Crippen molar-refractivity contribution in [3.63, 3.8) is 0 Å². The number of carbonyl (C=O) groups is 3. The summed E-state index contributed by atoms with van der Waals surface area (Å²) in [5.74, 6) is -0.402. The summed E-state index contributed by atoms with van der Waals surface area (Å²) in [5.41, 5.74) is 10.1. The van der Waals surface area contributed by atoms with Gasteiger partial charge in [0.1, 0.15) is 17.1 Å². The van der Waals surface area contributed by atoms with E-state index in [-0.39, 0.29) is 59.8 Å². The molecule has 14 nitrogen and oxygen atoms in total. The Hall–Kier alpha value is -4.25. The van der Waals surface area contributed by atoms with Crippen molar-refractivity contribution in [2.24, 2.45) is 23.2 Å². The molecule has 0 radical (unpaired) electrons. The first kappa shape index (κ1) is 43.3. The number of methoxy groups -OCH3 is 1. The minimum absolute atomic E-state index is 0.00710. The average molecular weight is 904 g/mol. The number of benzene rings is 1. The van der Waals surface area contributed by atoms with Crippen LogP contribution < -0.4 is 16.1 Å². The molecular formula is C50H65N9O5S. The monoisotopic (exact) mass is 903 g/mol.